The van der Waals surface area contributed by atoms with Gasteiger partial charge in [-0.05, 0) is 68.4 Å². The van der Waals surface area contributed by atoms with Gasteiger partial charge in [0, 0.05) is 55.4 Å². The first-order valence-corrected chi connectivity index (χ1v) is 13.7. The fourth-order valence-electron chi connectivity index (χ4n) is 6.41. The highest BCUT2D eigenvalue weighted by molar-refractivity contribution is 5.94. The van der Waals surface area contributed by atoms with Gasteiger partial charge in [0.05, 0.1) is 6.10 Å². The third-order valence-electron chi connectivity index (χ3n) is 8.58. The lowest BCUT2D eigenvalue weighted by molar-refractivity contribution is 0.0474. The van der Waals surface area contributed by atoms with Gasteiger partial charge in [0.25, 0.3) is 5.91 Å². The number of amides is 1. The minimum atomic E-state index is -0.387. The van der Waals surface area contributed by atoms with Crippen molar-refractivity contribution < 1.29 is 9.90 Å². The van der Waals surface area contributed by atoms with E-state index in [1.165, 1.54) is 43.4 Å². The summed E-state index contributed by atoms with van der Waals surface area (Å²) in [6, 6.07) is 19.8. The standard InChI is InChI=1S/C30H41N3O2/c34-28-10-7-19-33(22-28)29(35)24-11-13-27(14-12-24)32-20-15-26(16-21-32)31-23-30(17-5-2-6-18-30)25-8-3-1-4-9-25/h1,3-4,8-9,11-14,26,28,31,34H,2,5-7,10,15-23H2/t28-/m0/s1. The van der Waals surface area contributed by atoms with Crippen molar-refractivity contribution in [3.63, 3.8) is 0 Å². The summed E-state index contributed by atoms with van der Waals surface area (Å²) in [4.78, 5) is 17.0. The predicted molar refractivity (Wildman–Crippen MR) is 142 cm³/mol. The molecule has 2 aromatic carbocycles. The first-order chi connectivity index (χ1) is 17.1. The average molecular weight is 476 g/mol. The molecule has 2 aromatic rings. The van der Waals surface area contributed by atoms with Crippen molar-refractivity contribution in [2.24, 2.45) is 0 Å². The van der Waals surface area contributed by atoms with Gasteiger partial charge in [0.15, 0.2) is 0 Å². The minimum Gasteiger partial charge on any atom is -0.391 e. The molecule has 188 valence electrons. The van der Waals surface area contributed by atoms with E-state index in [0.29, 0.717) is 18.0 Å². The summed E-state index contributed by atoms with van der Waals surface area (Å²) in [5.74, 6) is 0.0354. The summed E-state index contributed by atoms with van der Waals surface area (Å²) in [7, 11) is 0. The van der Waals surface area contributed by atoms with E-state index in [9.17, 15) is 9.90 Å². The molecule has 5 heteroatoms. The highest BCUT2D eigenvalue weighted by Gasteiger charge is 2.34. The number of nitrogens with one attached hydrogen (secondary N) is 1. The fraction of sp³-hybridized carbons (Fsp3) is 0.567. The molecule has 0 spiro atoms. The lowest BCUT2D eigenvalue weighted by Gasteiger charge is -2.41. The monoisotopic (exact) mass is 475 g/mol. The third-order valence-corrected chi connectivity index (χ3v) is 8.58. The molecule has 3 aliphatic rings. The number of anilines is 1. The van der Waals surface area contributed by atoms with Gasteiger partial charge in [-0.25, -0.2) is 0 Å². The third kappa shape index (κ3) is 5.73. The summed E-state index contributed by atoms with van der Waals surface area (Å²) < 4.78 is 0. The van der Waals surface area contributed by atoms with Crippen LogP contribution in [0, 0.1) is 0 Å². The molecule has 1 saturated carbocycles. The summed E-state index contributed by atoms with van der Waals surface area (Å²) >= 11 is 0. The number of rotatable bonds is 6. The second-order valence-corrected chi connectivity index (χ2v) is 10.9. The Bertz CT molecular complexity index is 947. The van der Waals surface area contributed by atoms with E-state index >= 15 is 0 Å². The molecule has 2 aliphatic heterocycles. The molecular formula is C30H41N3O2. The van der Waals surface area contributed by atoms with Crippen molar-refractivity contribution in [1.82, 2.24) is 10.2 Å². The van der Waals surface area contributed by atoms with Crippen LogP contribution >= 0.6 is 0 Å². The zero-order valence-electron chi connectivity index (χ0n) is 21.0. The molecule has 5 rings (SSSR count). The van der Waals surface area contributed by atoms with Crippen LogP contribution in [0.3, 0.4) is 0 Å². The van der Waals surface area contributed by atoms with Crippen molar-refractivity contribution in [2.45, 2.75) is 75.3 Å². The van der Waals surface area contributed by atoms with E-state index in [0.717, 1.165) is 57.4 Å². The number of piperidine rings is 2. The molecule has 1 atom stereocenters. The first-order valence-electron chi connectivity index (χ1n) is 13.7. The molecule has 0 bridgehead atoms. The number of benzene rings is 2. The van der Waals surface area contributed by atoms with Gasteiger partial charge in [0.2, 0.25) is 0 Å². The van der Waals surface area contributed by atoms with Crippen LogP contribution in [0.15, 0.2) is 54.6 Å². The van der Waals surface area contributed by atoms with E-state index in [-0.39, 0.29) is 12.0 Å². The molecule has 1 aliphatic carbocycles. The molecule has 0 unspecified atom stereocenters. The quantitative estimate of drug-likeness (QED) is 0.633. The molecular weight excluding hydrogens is 434 g/mol. The number of aliphatic hydroxyl groups is 1. The van der Waals surface area contributed by atoms with Crippen molar-refractivity contribution in [3.05, 3.63) is 65.7 Å². The molecule has 2 heterocycles. The number of hydrogen-bond acceptors (Lipinski definition) is 4. The van der Waals surface area contributed by atoms with Crippen molar-refractivity contribution >= 4 is 11.6 Å². The highest BCUT2D eigenvalue weighted by atomic mass is 16.3. The van der Waals surface area contributed by atoms with Gasteiger partial charge in [-0.2, -0.15) is 0 Å². The largest absolute Gasteiger partial charge is 0.391 e. The normalized spacial score (nSPS) is 23.3. The maximum atomic E-state index is 12.8. The van der Waals surface area contributed by atoms with Crippen LogP contribution in [0.5, 0.6) is 0 Å². The summed E-state index contributed by atoms with van der Waals surface area (Å²) in [6.45, 7) is 4.36. The number of likely N-dealkylation sites (tertiary alicyclic amines) is 1. The van der Waals surface area contributed by atoms with Crippen LogP contribution in [-0.2, 0) is 5.41 Å². The van der Waals surface area contributed by atoms with Crippen LogP contribution < -0.4 is 10.2 Å². The van der Waals surface area contributed by atoms with E-state index in [1.54, 1.807) is 4.90 Å². The highest BCUT2D eigenvalue weighted by Crippen LogP contribution is 2.39. The van der Waals surface area contributed by atoms with Crippen LogP contribution in [0.2, 0.25) is 0 Å². The molecule has 1 amide bonds. The van der Waals surface area contributed by atoms with Gasteiger partial charge in [0.1, 0.15) is 0 Å². The van der Waals surface area contributed by atoms with Crippen molar-refractivity contribution in [2.75, 3.05) is 37.6 Å². The second-order valence-electron chi connectivity index (χ2n) is 10.9. The summed E-state index contributed by atoms with van der Waals surface area (Å²) in [5.41, 5.74) is 3.73. The Morgan fingerprint density at radius 1 is 0.886 bits per heavy atom. The molecule has 3 fully saturated rings. The van der Waals surface area contributed by atoms with Gasteiger partial charge < -0.3 is 20.2 Å². The second kappa shape index (κ2) is 11.1. The zero-order chi connectivity index (χ0) is 24.1. The molecule has 35 heavy (non-hydrogen) atoms. The number of carbonyl (C=O) groups is 1. The minimum absolute atomic E-state index is 0.0354. The Morgan fingerprint density at radius 2 is 1.60 bits per heavy atom. The smallest absolute Gasteiger partial charge is 0.253 e. The summed E-state index contributed by atoms with van der Waals surface area (Å²) in [6.07, 6.45) is 10.2. The van der Waals surface area contributed by atoms with Crippen molar-refractivity contribution in [3.8, 4) is 0 Å². The number of β-amino-alcohol motifs (C(OH)–C–C–N with tert-alkyl or cyclic N) is 1. The van der Waals surface area contributed by atoms with Crippen LogP contribution in [0.1, 0.15) is 73.7 Å². The SMILES string of the molecule is O=C(c1ccc(N2CCC(NCC3(c4ccccc4)CCCCC3)CC2)cc1)N1CCC[C@H](O)C1. The van der Waals surface area contributed by atoms with Gasteiger partial charge >= 0.3 is 0 Å². The van der Waals surface area contributed by atoms with Gasteiger partial charge in [-0.1, -0.05) is 49.6 Å². The Kier molecular flexibility index (Phi) is 7.74. The van der Waals surface area contributed by atoms with Crippen LogP contribution in [-0.4, -0.2) is 60.8 Å². The van der Waals surface area contributed by atoms with Gasteiger partial charge in [-0.15, -0.1) is 0 Å². The maximum absolute atomic E-state index is 12.8. The zero-order valence-corrected chi connectivity index (χ0v) is 21.0. The molecule has 2 N–H and O–H groups in total. The predicted octanol–water partition coefficient (Wildman–Crippen LogP) is 4.74. The topological polar surface area (TPSA) is 55.8 Å². The van der Waals surface area contributed by atoms with E-state index < -0.39 is 0 Å². The van der Waals surface area contributed by atoms with Crippen molar-refractivity contribution in [1.29, 1.82) is 0 Å². The lowest BCUT2D eigenvalue weighted by atomic mass is 9.69. The number of hydrogen-bond donors (Lipinski definition) is 2. The molecule has 2 saturated heterocycles. The Morgan fingerprint density at radius 3 is 2.29 bits per heavy atom. The van der Waals surface area contributed by atoms with Crippen LogP contribution in [0.25, 0.3) is 0 Å². The molecule has 0 radical (unpaired) electrons. The van der Waals surface area contributed by atoms with Gasteiger partial charge in [-0.3, -0.25) is 4.79 Å². The van der Waals surface area contributed by atoms with E-state index in [2.05, 4.69) is 52.7 Å². The Labute approximate surface area is 210 Å². The molecule has 5 nitrogen and oxygen atoms in total. The number of carbonyl (C=O) groups excluding carboxylic acids is 1. The maximum Gasteiger partial charge on any atom is 0.253 e. The average Bonchev–Trinajstić information content (AvgIpc) is 2.93. The number of nitrogens with zero attached hydrogens (tertiary/aromatic N) is 2. The lowest BCUT2D eigenvalue weighted by Crippen LogP contribution is -2.48. The molecule has 0 aromatic heterocycles. The van der Waals surface area contributed by atoms with Crippen LogP contribution in [0.4, 0.5) is 5.69 Å². The number of aliphatic hydroxyl groups excluding tert-OH is 1. The fourth-order valence-corrected chi connectivity index (χ4v) is 6.41. The van der Waals surface area contributed by atoms with E-state index in [4.69, 9.17) is 0 Å². The summed E-state index contributed by atoms with van der Waals surface area (Å²) in [5, 5.41) is 13.9. The Hall–Kier alpha value is -2.37. The Balaban J connectivity index is 1.14. The van der Waals surface area contributed by atoms with E-state index in [1.807, 2.05) is 12.1 Å². The first kappa shape index (κ1) is 24.3.